The van der Waals surface area contributed by atoms with Crippen molar-refractivity contribution < 1.29 is 9.21 Å². The highest BCUT2D eigenvalue weighted by atomic mass is 16.3. The van der Waals surface area contributed by atoms with Gasteiger partial charge in [-0.2, -0.15) is 5.10 Å². The van der Waals surface area contributed by atoms with Crippen LogP contribution in [0.1, 0.15) is 16.2 Å². The second kappa shape index (κ2) is 7.60. The van der Waals surface area contributed by atoms with Gasteiger partial charge in [0.05, 0.1) is 37.1 Å². The number of rotatable bonds is 7. The van der Waals surface area contributed by atoms with Crippen LogP contribution in [-0.4, -0.2) is 42.2 Å². The molecule has 0 fully saturated rings. The molecule has 10 heteroatoms. The van der Waals surface area contributed by atoms with Crippen molar-refractivity contribution in [1.82, 2.24) is 35.0 Å². The first kappa shape index (κ1) is 16.6. The zero-order valence-corrected chi connectivity index (χ0v) is 14.2. The molecule has 4 aromatic rings. The lowest BCUT2D eigenvalue weighted by atomic mass is 10.3. The Morgan fingerprint density at radius 3 is 2.96 bits per heavy atom. The maximum atomic E-state index is 12.0. The molecule has 4 aromatic heterocycles. The Kier molecular flexibility index (Phi) is 4.68. The molecule has 0 aliphatic heterocycles. The summed E-state index contributed by atoms with van der Waals surface area (Å²) in [6.07, 6.45) is 9.21. The first-order chi connectivity index (χ1) is 13.3. The van der Waals surface area contributed by atoms with Crippen LogP contribution in [0.5, 0.6) is 0 Å². The predicted molar refractivity (Wildman–Crippen MR) is 95.7 cm³/mol. The average molecular weight is 364 g/mol. The molecular formula is C17H16N8O2. The highest BCUT2D eigenvalue weighted by Crippen LogP contribution is 2.19. The normalized spacial score (nSPS) is 10.8. The number of carbonyl (C=O) groups is 1. The van der Waals surface area contributed by atoms with Crippen LogP contribution in [-0.2, 0) is 13.1 Å². The summed E-state index contributed by atoms with van der Waals surface area (Å²) < 4.78 is 7.02. The summed E-state index contributed by atoms with van der Waals surface area (Å²) in [5, 5.41) is 11.1. The molecule has 0 aromatic carbocycles. The lowest BCUT2D eigenvalue weighted by Crippen LogP contribution is -2.28. The van der Waals surface area contributed by atoms with Crippen LogP contribution in [0.25, 0.3) is 11.0 Å². The van der Waals surface area contributed by atoms with Crippen molar-refractivity contribution in [3.63, 3.8) is 0 Å². The van der Waals surface area contributed by atoms with Gasteiger partial charge in [0.1, 0.15) is 23.6 Å². The maximum absolute atomic E-state index is 12.0. The summed E-state index contributed by atoms with van der Waals surface area (Å²) in [5.74, 6) is 1.20. The van der Waals surface area contributed by atoms with Gasteiger partial charge in [-0.3, -0.25) is 9.78 Å². The van der Waals surface area contributed by atoms with Crippen molar-refractivity contribution in [2.45, 2.75) is 13.1 Å². The van der Waals surface area contributed by atoms with Gasteiger partial charge in [0, 0.05) is 18.9 Å². The van der Waals surface area contributed by atoms with Crippen LogP contribution in [0.3, 0.4) is 0 Å². The fourth-order valence-electron chi connectivity index (χ4n) is 2.56. The topological polar surface area (TPSA) is 124 Å². The summed E-state index contributed by atoms with van der Waals surface area (Å²) >= 11 is 0. The number of hydrogen-bond donors (Lipinski definition) is 2. The summed E-state index contributed by atoms with van der Waals surface area (Å²) in [4.78, 5) is 28.4. The Labute approximate surface area is 153 Å². The number of nitrogens with one attached hydrogen (secondary N) is 2. The molecule has 0 spiro atoms. The molecule has 0 radical (unpaired) electrons. The molecule has 1 amide bonds. The first-order valence-corrected chi connectivity index (χ1v) is 8.28. The molecular weight excluding hydrogens is 348 g/mol. The van der Waals surface area contributed by atoms with Gasteiger partial charge in [-0.25, -0.2) is 19.6 Å². The second-order valence-corrected chi connectivity index (χ2v) is 5.61. The smallest absolute Gasteiger partial charge is 0.271 e. The number of fused-ring (bicyclic) bond motifs is 1. The van der Waals surface area contributed by atoms with Gasteiger partial charge >= 0.3 is 0 Å². The van der Waals surface area contributed by atoms with Gasteiger partial charge < -0.3 is 15.1 Å². The molecule has 0 bridgehead atoms. The van der Waals surface area contributed by atoms with Crippen molar-refractivity contribution in [3.8, 4) is 0 Å². The second-order valence-electron chi connectivity index (χ2n) is 5.61. The standard InChI is InChI=1S/C17H16N8O2/c26-17(14-10-18-3-4-19-14)20-5-6-25-16-13(9-24-25)15(22-11-23-16)21-8-12-2-1-7-27-12/h1-4,7,9-11H,5-6,8H2,(H,20,26)(H,21,22,23). The van der Waals surface area contributed by atoms with E-state index >= 15 is 0 Å². The molecule has 0 saturated heterocycles. The van der Waals surface area contributed by atoms with Crippen LogP contribution >= 0.6 is 0 Å². The number of hydrogen-bond acceptors (Lipinski definition) is 8. The Balaban J connectivity index is 1.41. The zero-order valence-electron chi connectivity index (χ0n) is 14.2. The van der Waals surface area contributed by atoms with E-state index in [1.165, 1.54) is 24.9 Å². The molecule has 0 saturated carbocycles. The minimum atomic E-state index is -0.282. The number of aromatic nitrogens is 6. The SMILES string of the molecule is O=C(NCCn1ncc2c(NCc3ccco3)ncnc21)c1cnccn1. The molecule has 0 atom stereocenters. The Bertz CT molecular complexity index is 1030. The third-order valence-electron chi connectivity index (χ3n) is 3.85. The Morgan fingerprint density at radius 2 is 2.15 bits per heavy atom. The van der Waals surface area contributed by atoms with Gasteiger partial charge in [0.25, 0.3) is 5.91 Å². The fourth-order valence-corrected chi connectivity index (χ4v) is 2.56. The minimum absolute atomic E-state index is 0.273. The van der Waals surface area contributed by atoms with E-state index in [1.807, 2.05) is 12.1 Å². The number of amides is 1. The minimum Gasteiger partial charge on any atom is -0.467 e. The van der Waals surface area contributed by atoms with Gasteiger partial charge in [0.15, 0.2) is 5.65 Å². The lowest BCUT2D eigenvalue weighted by Gasteiger charge is -2.07. The molecule has 0 aliphatic carbocycles. The van der Waals surface area contributed by atoms with Crippen LogP contribution in [0, 0.1) is 0 Å². The highest BCUT2D eigenvalue weighted by molar-refractivity contribution is 5.91. The molecule has 136 valence electrons. The number of anilines is 1. The van der Waals surface area contributed by atoms with E-state index in [0.29, 0.717) is 31.1 Å². The summed E-state index contributed by atoms with van der Waals surface area (Å²) in [7, 11) is 0. The van der Waals surface area contributed by atoms with Crippen molar-refractivity contribution in [2.75, 3.05) is 11.9 Å². The van der Waals surface area contributed by atoms with Gasteiger partial charge in [0.2, 0.25) is 0 Å². The predicted octanol–water partition coefficient (Wildman–Crippen LogP) is 1.25. The molecule has 10 nitrogen and oxygen atoms in total. The summed E-state index contributed by atoms with van der Waals surface area (Å²) in [6.45, 7) is 1.36. The molecule has 0 aliphatic rings. The van der Waals surface area contributed by atoms with Crippen LogP contribution < -0.4 is 10.6 Å². The van der Waals surface area contributed by atoms with E-state index in [-0.39, 0.29) is 11.6 Å². The number of furan rings is 1. The van der Waals surface area contributed by atoms with E-state index in [4.69, 9.17) is 4.42 Å². The van der Waals surface area contributed by atoms with Crippen LogP contribution in [0.15, 0.2) is 53.9 Å². The fraction of sp³-hybridized carbons (Fsp3) is 0.176. The summed E-state index contributed by atoms with van der Waals surface area (Å²) in [5.41, 5.74) is 0.954. The summed E-state index contributed by atoms with van der Waals surface area (Å²) in [6, 6.07) is 3.72. The van der Waals surface area contributed by atoms with Gasteiger partial charge in [-0.05, 0) is 12.1 Å². The van der Waals surface area contributed by atoms with Crippen molar-refractivity contribution in [2.24, 2.45) is 0 Å². The Hall–Kier alpha value is -3.82. The molecule has 4 rings (SSSR count). The van der Waals surface area contributed by atoms with Crippen molar-refractivity contribution in [3.05, 3.63) is 61.0 Å². The third-order valence-corrected chi connectivity index (χ3v) is 3.85. The van der Waals surface area contributed by atoms with E-state index in [2.05, 4.69) is 35.7 Å². The molecule has 2 N–H and O–H groups in total. The Morgan fingerprint density at radius 1 is 1.19 bits per heavy atom. The van der Waals surface area contributed by atoms with E-state index in [1.54, 1.807) is 17.1 Å². The van der Waals surface area contributed by atoms with Crippen LogP contribution in [0.2, 0.25) is 0 Å². The molecule has 27 heavy (non-hydrogen) atoms. The number of nitrogens with zero attached hydrogens (tertiary/aromatic N) is 6. The van der Waals surface area contributed by atoms with Crippen molar-refractivity contribution in [1.29, 1.82) is 0 Å². The third kappa shape index (κ3) is 3.73. The molecule has 0 unspecified atom stereocenters. The monoisotopic (exact) mass is 364 g/mol. The van der Waals surface area contributed by atoms with Crippen LogP contribution in [0.4, 0.5) is 5.82 Å². The van der Waals surface area contributed by atoms with Crippen molar-refractivity contribution >= 4 is 22.8 Å². The van der Waals surface area contributed by atoms with E-state index in [9.17, 15) is 4.79 Å². The largest absolute Gasteiger partial charge is 0.467 e. The first-order valence-electron chi connectivity index (χ1n) is 8.28. The quantitative estimate of drug-likeness (QED) is 0.502. The maximum Gasteiger partial charge on any atom is 0.271 e. The highest BCUT2D eigenvalue weighted by Gasteiger charge is 2.11. The van der Waals surface area contributed by atoms with Gasteiger partial charge in [-0.15, -0.1) is 0 Å². The van der Waals surface area contributed by atoms with E-state index in [0.717, 1.165) is 11.1 Å². The zero-order chi connectivity index (χ0) is 18.5. The lowest BCUT2D eigenvalue weighted by molar-refractivity contribution is 0.0946. The molecule has 4 heterocycles. The van der Waals surface area contributed by atoms with E-state index < -0.39 is 0 Å². The number of carbonyl (C=O) groups excluding carboxylic acids is 1. The average Bonchev–Trinajstić information content (AvgIpc) is 3.37. The van der Waals surface area contributed by atoms with Gasteiger partial charge in [-0.1, -0.05) is 0 Å².